The van der Waals surface area contributed by atoms with Gasteiger partial charge in [-0.1, -0.05) is 0 Å². The molecule has 17 heavy (non-hydrogen) atoms. The molecule has 2 N–H and O–H groups in total. The fraction of sp³-hybridized carbons (Fsp3) is 0.500. The van der Waals surface area contributed by atoms with Crippen molar-refractivity contribution in [1.29, 1.82) is 0 Å². The number of hydrogen-bond acceptors (Lipinski definition) is 4. The fourth-order valence-electron chi connectivity index (χ4n) is 1.95. The fourth-order valence-corrected chi connectivity index (χ4v) is 1.95. The molecular formula is C12H16N2O3. The molecule has 1 aliphatic rings. The number of nitrogens with one attached hydrogen (secondary N) is 1. The molecule has 5 heteroatoms. The Bertz CT molecular complexity index is 402. The van der Waals surface area contributed by atoms with Gasteiger partial charge in [-0.05, 0) is 25.8 Å². The van der Waals surface area contributed by atoms with E-state index in [9.17, 15) is 9.90 Å². The summed E-state index contributed by atoms with van der Waals surface area (Å²) in [5.74, 6) is -0.405. The van der Waals surface area contributed by atoms with E-state index in [0.717, 1.165) is 19.4 Å². The maximum Gasteiger partial charge on any atom is 0.255 e. The van der Waals surface area contributed by atoms with Crippen molar-refractivity contribution < 1.29 is 14.6 Å². The normalized spacial score (nSPS) is 21.1. The number of carbonyl (C=O) groups excluding carboxylic acids is 1. The molecular weight excluding hydrogens is 220 g/mol. The second-order valence-corrected chi connectivity index (χ2v) is 4.21. The van der Waals surface area contributed by atoms with Crippen LogP contribution in [0, 0.1) is 0 Å². The van der Waals surface area contributed by atoms with E-state index in [1.807, 2.05) is 6.92 Å². The molecule has 0 aliphatic carbocycles. The lowest BCUT2D eigenvalue weighted by atomic mass is 10.1. The summed E-state index contributed by atoms with van der Waals surface area (Å²) in [6.45, 7) is 2.66. The van der Waals surface area contributed by atoms with Crippen molar-refractivity contribution in [1.82, 2.24) is 10.3 Å². The predicted molar refractivity (Wildman–Crippen MR) is 61.8 cm³/mol. The quantitative estimate of drug-likeness (QED) is 0.824. The molecule has 0 saturated carbocycles. The van der Waals surface area contributed by atoms with Crippen LogP contribution in [0.15, 0.2) is 18.5 Å². The van der Waals surface area contributed by atoms with Crippen LogP contribution in [0.4, 0.5) is 0 Å². The summed E-state index contributed by atoms with van der Waals surface area (Å²) in [6.07, 6.45) is 4.80. The Hall–Kier alpha value is -1.62. The van der Waals surface area contributed by atoms with Crippen LogP contribution in [0.1, 0.15) is 30.1 Å². The van der Waals surface area contributed by atoms with E-state index < -0.39 is 0 Å². The summed E-state index contributed by atoms with van der Waals surface area (Å²) in [7, 11) is 0. The van der Waals surface area contributed by atoms with Gasteiger partial charge in [0, 0.05) is 12.8 Å². The third-order valence-corrected chi connectivity index (χ3v) is 2.93. The molecule has 1 aliphatic heterocycles. The molecule has 1 saturated heterocycles. The molecule has 2 atom stereocenters. The molecule has 92 valence electrons. The van der Waals surface area contributed by atoms with Gasteiger partial charge in [0.2, 0.25) is 0 Å². The van der Waals surface area contributed by atoms with Gasteiger partial charge in [0.05, 0.1) is 23.9 Å². The van der Waals surface area contributed by atoms with Crippen LogP contribution >= 0.6 is 0 Å². The average Bonchev–Trinajstić information content (AvgIpc) is 2.82. The van der Waals surface area contributed by atoms with Crippen LogP contribution in [-0.2, 0) is 4.74 Å². The minimum absolute atomic E-state index is 0.0578. The Morgan fingerprint density at radius 2 is 2.53 bits per heavy atom. The highest BCUT2D eigenvalue weighted by molar-refractivity contribution is 5.96. The van der Waals surface area contributed by atoms with Gasteiger partial charge in [-0.25, -0.2) is 0 Å². The molecule has 1 aromatic heterocycles. The average molecular weight is 236 g/mol. The standard InChI is InChI=1S/C12H16N2O3/c1-8(11-3-2-6-17-11)14-12(16)9-4-5-13-7-10(9)15/h4-5,7-8,11,15H,2-3,6H2,1H3,(H,14,16). The van der Waals surface area contributed by atoms with Gasteiger partial charge in [-0.3, -0.25) is 9.78 Å². The van der Waals surface area contributed by atoms with Crippen molar-refractivity contribution in [2.45, 2.75) is 31.9 Å². The number of aromatic nitrogens is 1. The number of ether oxygens (including phenoxy) is 1. The van der Waals surface area contributed by atoms with E-state index in [4.69, 9.17) is 4.74 Å². The minimum Gasteiger partial charge on any atom is -0.505 e. The van der Waals surface area contributed by atoms with E-state index in [0.29, 0.717) is 0 Å². The lowest BCUT2D eigenvalue weighted by molar-refractivity contribution is 0.0711. The summed E-state index contributed by atoms with van der Waals surface area (Å²) >= 11 is 0. The first kappa shape index (κ1) is 11.9. The van der Waals surface area contributed by atoms with Gasteiger partial charge in [-0.15, -0.1) is 0 Å². The number of carbonyl (C=O) groups is 1. The van der Waals surface area contributed by atoms with Crippen molar-refractivity contribution in [3.05, 3.63) is 24.0 Å². The highest BCUT2D eigenvalue weighted by Gasteiger charge is 2.24. The van der Waals surface area contributed by atoms with E-state index >= 15 is 0 Å². The molecule has 0 aromatic carbocycles. The van der Waals surface area contributed by atoms with E-state index in [1.54, 1.807) is 0 Å². The molecule has 5 nitrogen and oxygen atoms in total. The van der Waals surface area contributed by atoms with Crippen molar-refractivity contribution in [3.63, 3.8) is 0 Å². The van der Waals surface area contributed by atoms with E-state index in [-0.39, 0.29) is 29.4 Å². The number of pyridine rings is 1. The van der Waals surface area contributed by atoms with Crippen LogP contribution in [0.2, 0.25) is 0 Å². The molecule has 0 bridgehead atoms. The van der Waals surface area contributed by atoms with Gasteiger partial charge < -0.3 is 15.2 Å². The molecule has 1 aromatic rings. The van der Waals surface area contributed by atoms with Crippen LogP contribution < -0.4 is 5.32 Å². The van der Waals surface area contributed by atoms with Gasteiger partial charge in [0.15, 0.2) is 0 Å². The highest BCUT2D eigenvalue weighted by atomic mass is 16.5. The third-order valence-electron chi connectivity index (χ3n) is 2.93. The zero-order valence-electron chi connectivity index (χ0n) is 9.72. The summed E-state index contributed by atoms with van der Waals surface area (Å²) in [4.78, 5) is 15.6. The lowest BCUT2D eigenvalue weighted by Gasteiger charge is -2.20. The van der Waals surface area contributed by atoms with Crippen molar-refractivity contribution in [3.8, 4) is 5.75 Å². The zero-order valence-corrected chi connectivity index (χ0v) is 9.72. The Kier molecular flexibility index (Phi) is 3.58. The van der Waals surface area contributed by atoms with E-state index in [2.05, 4.69) is 10.3 Å². The van der Waals surface area contributed by atoms with Crippen LogP contribution in [0.5, 0.6) is 5.75 Å². The molecule has 2 unspecified atom stereocenters. The monoisotopic (exact) mass is 236 g/mol. The molecule has 1 fully saturated rings. The lowest BCUT2D eigenvalue weighted by Crippen LogP contribution is -2.40. The van der Waals surface area contributed by atoms with E-state index in [1.165, 1.54) is 18.5 Å². The molecule has 2 rings (SSSR count). The maximum atomic E-state index is 11.9. The van der Waals surface area contributed by atoms with Crippen LogP contribution in [0.25, 0.3) is 0 Å². The first-order valence-corrected chi connectivity index (χ1v) is 5.74. The molecule has 0 spiro atoms. The minimum atomic E-state index is -0.298. The first-order chi connectivity index (χ1) is 8.18. The van der Waals surface area contributed by atoms with Crippen molar-refractivity contribution >= 4 is 5.91 Å². The zero-order chi connectivity index (χ0) is 12.3. The first-order valence-electron chi connectivity index (χ1n) is 5.74. The molecule has 0 radical (unpaired) electrons. The summed E-state index contributed by atoms with van der Waals surface area (Å²) in [6, 6.07) is 1.44. The van der Waals surface area contributed by atoms with Gasteiger partial charge >= 0.3 is 0 Å². The molecule has 1 amide bonds. The second-order valence-electron chi connectivity index (χ2n) is 4.21. The number of aromatic hydroxyl groups is 1. The van der Waals surface area contributed by atoms with Crippen molar-refractivity contribution in [2.75, 3.05) is 6.61 Å². The van der Waals surface area contributed by atoms with Crippen LogP contribution in [0.3, 0.4) is 0 Å². The molecule has 2 heterocycles. The number of amides is 1. The topological polar surface area (TPSA) is 71.5 Å². The largest absolute Gasteiger partial charge is 0.505 e. The summed E-state index contributed by atoms with van der Waals surface area (Å²) in [5, 5.41) is 12.3. The predicted octanol–water partition coefficient (Wildman–Crippen LogP) is 1.08. The SMILES string of the molecule is CC(NC(=O)c1ccncc1O)C1CCCO1. The Morgan fingerprint density at radius 3 is 3.18 bits per heavy atom. The van der Waals surface area contributed by atoms with Crippen LogP contribution in [-0.4, -0.2) is 34.8 Å². The summed E-state index contributed by atoms with van der Waals surface area (Å²) in [5.41, 5.74) is 0.241. The smallest absolute Gasteiger partial charge is 0.255 e. The van der Waals surface area contributed by atoms with Crippen molar-refractivity contribution in [2.24, 2.45) is 0 Å². The number of nitrogens with zero attached hydrogens (tertiary/aromatic N) is 1. The summed E-state index contributed by atoms with van der Waals surface area (Å²) < 4.78 is 5.49. The van der Waals surface area contributed by atoms with Gasteiger partial charge in [-0.2, -0.15) is 0 Å². The third kappa shape index (κ3) is 2.74. The Labute approximate surface area is 99.8 Å². The highest BCUT2D eigenvalue weighted by Crippen LogP contribution is 2.17. The second kappa shape index (κ2) is 5.14. The Morgan fingerprint density at radius 1 is 1.71 bits per heavy atom. The van der Waals surface area contributed by atoms with Gasteiger partial charge in [0.1, 0.15) is 5.75 Å². The van der Waals surface area contributed by atoms with Gasteiger partial charge in [0.25, 0.3) is 5.91 Å². The maximum absolute atomic E-state index is 11.9. The number of hydrogen-bond donors (Lipinski definition) is 2. The Balaban J connectivity index is 1.99. The number of rotatable bonds is 3.